The van der Waals surface area contributed by atoms with E-state index in [1.165, 1.54) is 41.9 Å². The number of hydrogen-bond donors (Lipinski definition) is 1. The average Bonchev–Trinajstić information content (AvgIpc) is 3.04. The van der Waals surface area contributed by atoms with Gasteiger partial charge >= 0.3 is 0 Å². The van der Waals surface area contributed by atoms with Crippen molar-refractivity contribution < 1.29 is 4.79 Å². The van der Waals surface area contributed by atoms with E-state index in [9.17, 15) is 4.79 Å². The van der Waals surface area contributed by atoms with Crippen LogP contribution in [0.25, 0.3) is 0 Å². The molecule has 1 saturated heterocycles. The minimum Gasteiger partial charge on any atom is -0.317 e. The zero-order valence-corrected chi connectivity index (χ0v) is 14.1. The molecule has 1 saturated carbocycles. The fraction of sp³-hybridized carbons (Fsp3) is 0.706. The molecule has 116 valence electrons. The van der Waals surface area contributed by atoms with Crippen LogP contribution in [0.5, 0.6) is 0 Å². The van der Waals surface area contributed by atoms with Crippen molar-refractivity contribution in [2.75, 3.05) is 0 Å². The van der Waals surface area contributed by atoms with Crippen LogP contribution in [-0.4, -0.2) is 22.9 Å². The summed E-state index contributed by atoms with van der Waals surface area (Å²) in [5.74, 6) is 0.953. The molecule has 1 aliphatic heterocycles. The van der Waals surface area contributed by atoms with E-state index < -0.39 is 0 Å². The van der Waals surface area contributed by atoms with Crippen LogP contribution >= 0.6 is 11.3 Å². The van der Waals surface area contributed by atoms with Crippen LogP contribution in [0, 0.1) is 12.8 Å². The summed E-state index contributed by atoms with van der Waals surface area (Å²) >= 11 is 1.81. The lowest BCUT2D eigenvalue weighted by Gasteiger charge is -2.40. The highest BCUT2D eigenvalue weighted by Crippen LogP contribution is 2.39. The van der Waals surface area contributed by atoms with Gasteiger partial charge in [0.2, 0.25) is 5.91 Å². The fourth-order valence-corrected chi connectivity index (χ4v) is 4.88. The molecule has 1 aromatic heterocycles. The van der Waals surface area contributed by atoms with Crippen LogP contribution in [0.1, 0.15) is 61.9 Å². The molecule has 21 heavy (non-hydrogen) atoms. The molecule has 1 N–H and O–H groups in total. The monoisotopic (exact) mass is 306 g/mol. The summed E-state index contributed by atoms with van der Waals surface area (Å²) in [6.07, 6.45) is 6.29. The third-order valence-corrected chi connectivity index (χ3v) is 6.15. The first kappa shape index (κ1) is 15.0. The van der Waals surface area contributed by atoms with Crippen LogP contribution < -0.4 is 5.32 Å². The van der Waals surface area contributed by atoms with Crippen LogP contribution in [0.15, 0.2) is 12.1 Å². The zero-order chi connectivity index (χ0) is 15.0. The Morgan fingerprint density at radius 2 is 2.10 bits per heavy atom. The highest BCUT2D eigenvalue weighted by Gasteiger charge is 2.44. The van der Waals surface area contributed by atoms with Crippen molar-refractivity contribution in [3.05, 3.63) is 21.9 Å². The summed E-state index contributed by atoms with van der Waals surface area (Å²) < 4.78 is 0. The molecule has 2 fully saturated rings. The van der Waals surface area contributed by atoms with Gasteiger partial charge in [0.25, 0.3) is 0 Å². The third kappa shape index (κ3) is 2.76. The zero-order valence-electron chi connectivity index (χ0n) is 13.3. The van der Waals surface area contributed by atoms with E-state index in [0.29, 0.717) is 12.0 Å². The van der Waals surface area contributed by atoms with E-state index in [1.54, 1.807) is 0 Å². The Morgan fingerprint density at radius 3 is 2.76 bits per heavy atom. The Bertz CT molecular complexity index is 513. The molecule has 2 heterocycles. The first-order valence-electron chi connectivity index (χ1n) is 8.26. The van der Waals surface area contributed by atoms with E-state index >= 15 is 0 Å². The van der Waals surface area contributed by atoms with Crippen molar-refractivity contribution in [1.82, 2.24) is 10.2 Å². The topological polar surface area (TPSA) is 32.3 Å². The van der Waals surface area contributed by atoms with Crippen LogP contribution in [0.4, 0.5) is 0 Å². The van der Waals surface area contributed by atoms with Gasteiger partial charge in [0.05, 0.1) is 6.04 Å². The summed E-state index contributed by atoms with van der Waals surface area (Å²) in [4.78, 5) is 17.5. The quantitative estimate of drug-likeness (QED) is 0.920. The lowest BCUT2D eigenvalue weighted by atomic mass is 9.81. The Kier molecular flexibility index (Phi) is 4.36. The number of thiophene rings is 1. The van der Waals surface area contributed by atoms with Gasteiger partial charge in [-0.2, -0.15) is 0 Å². The molecule has 2 aliphatic rings. The number of aryl methyl sites for hydroxylation is 1. The molecule has 3 rings (SSSR count). The minimum absolute atomic E-state index is 0.0585. The molecule has 4 unspecified atom stereocenters. The molecule has 0 aromatic carbocycles. The first-order chi connectivity index (χ1) is 10.1. The number of rotatable bonds is 3. The van der Waals surface area contributed by atoms with Gasteiger partial charge in [0.15, 0.2) is 0 Å². The van der Waals surface area contributed by atoms with Crippen molar-refractivity contribution in [1.29, 1.82) is 0 Å². The lowest BCUT2D eigenvalue weighted by Crippen LogP contribution is -2.45. The van der Waals surface area contributed by atoms with E-state index in [-0.39, 0.29) is 18.1 Å². The van der Waals surface area contributed by atoms with Crippen LogP contribution in [0.2, 0.25) is 0 Å². The summed E-state index contributed by atoms with van der Waals surface area (Å²) in [6.45, 7) is 6.40. The smallest absolute Gasteiger partial charge is 0.241 e. The van der Waals surface area contributed by atoms with Gasteiger partial charge in [-0.3, -0.25) is 10.1 Å². The second-order valence-corrected chi connectivity index (χ2v) is 7.82. The standard InChI is InChI=1S/C17H26N2OS/c1-4-13-7-5-6-8-14(13)19-16(18-12(3)17(19)20)15-10-9-11(2)21-15/h9-10,12-14,16,18H,4-8H2,1-3H3. The number of carbonyl (C=O) groups is 1. The largest absolute Gasteiger partial charge is 0.317 e. The van der Waals surface area contributed by atoms with Crippen LogP contribution in [-0.2, 0) is 4.79 Å². The van der Waals surface area contributed by atoms with Gasteiger partial charge in [0.1, 0.15) is 6.17 Å². The van der Waals surface area contributed by atoms with Crippen molar-refractivity contribution in [3.63, 3.8) is 0 Å². The summed E-state index contributed by atoms with van der Waals surface area (Å²) in [6, 6.07) is 4.70. The van der Waals surface area contributed by atoms with Gasteiger partial charge in [-0.25, -0.2) is 0 Å². The van der Waals surface area contributed by atoms with Crippen molar-refractivity contribution >= 4 is 17.2 Å². The molecule has 4 atom stereocenters. The third-order valence-electron chi connectivity index (χ3n) is 5.09. The molecule has 1 aliphatic carbocycles. The Balaban J connectivity index is 1.90. The Hall–Kier alpha value is -0.870. The predicted molar refractivity (Wildman–Crippen MR) is 87.3 cm³/mol. The molecular formula is C17H26N2OS. The summed E-state index contributed by atoms with van der Waals surface area (Å²) in [5.41, 5.74) is 0. The molecule has 0 bridgehead atoms. The van der Waals surface area contributed by atoms with Crippen LogP contribution in [0.3, 0.4) is 0 Å². The van der Waals surface area contributed by atoms with E-state index in [4.69, 9.17) is 0 Å². The Labute approximate surface area is 131 Å². The molecule has 0 radical (unpaired) electrons. The Morgan fingerprint density at radius 1 is 1.33 bits per heavy atom. The minimum atomic E-state index is -0.0585. The average molecular weight is 306 g/mol. The summed E-state index contributed by atoms with van der Waals surface area (Å²) in [5, 5.41) is 3.51. The molecule has 3 nitrogen and oxygen atoms in total. The maximum atomic E-state index is 12.7. The van der Waals surface area contributed by atoms with E-state index in [2.05, 4.69) is 36.2 Å². The maximum absolute atomic E-state index is 12.7. The van der Waals surface area contributed by atoms with Gasteiger partial charge in [0, 0.05) is 15.8 Å². The number of carbonyl (C=O) groups excluding carboxylic acids is 1. The summed E-state index contributed by atoms with van der Waals surface area (Å²) in [7, 11) is 0. The molecule has 0 spiro atoms. The number of nitrogens with one attached hydrogen (secondary N) is 1. The predicted octanol–water partition coefficient (Wildman–Crippen LogP) is 3.84. The molecule has 4 heteroatoms. The normalized spacial score (nSPS) is 33.7. The van der Waals surface area contributed by atoms with Crippen molar-refractivity contribution in [2.24, 2.45) is 5.92 Å². The van der Waals surface area contributed by atoms with Gasteiger partial charge in [-0.15, -0.1) is 11.3 Å². The van der Waals surface area contributed by atoms with Gasteiger partial charge in [-0.05, 0) is 44.7 Å². The van der Waals surface area contributed by atoms with E-state index in [1.807, 2.05) is 18.3 Å². The lowest BCUT2D eigenvalue weighted by molar-refractivity contribution is -0.134. The van der Waals surface area contributed by atoms with Gasteiger partial charge < -0.3 is 4.90 Å². The molecular weight excluding hydrogens is 280 g/mol. The SMILES string of the molecule is CCC1CCCCC1N1C(=O)C(C)NC1c1ccc(C)s1. The first-order valence-corrected chi connectivity index (χ1v) is 9.08. The molecule has 1 amide bonds. The molecule has 1 aromatic rings. The maximum Gasteiger partial charge on any atom is 0.241 e. The van der Waals surface area contributed by atoms with Gasteiger partial charge in [-0.1, -0.05) is 26.2 Å². The highest BCUT2D eigenvalue weighted by atomic mass is 32.1. The van der Waals surface area contributed by atoms with Crippen molar-refractivity contribution in [2.45, 2.75) is 71.1 Å². The highest BCUT2D eigenvalue weighted by molar-refractivity contribution is 7.12. The second-order valence-electron chi connectivity index (χ2n) is 6.50. The van der Waals surface area contributed by atoms with Crippen molar-refractivity contribution in [3.8, 4) is 0 Å². The fourth-order valence-electron chi connectivity index (χ4n) is 3.94. The second kappa shape index (κ2) is 6.09. The number of hydrogen-bond acceptors (Lipinski definition) is 3. The van der Waals surface area contributed by atoms with E-state index in [0.717, 1.165) is 0 Å². The number of nitrogens with zero attached hydrogens (tertiary/aromatic N) is 1. The number of amides is 1.